The van der Waals surface area contributed by atoms with Gasteiger partial charge in [-0.2, -0.15) is 0 Å². The van der Waals surface area contributed by atoms with E-state index in [4.69, 9.17) is 0 Å². The molecular weight excluding hydrogens is 136 g/mol. The van der Waals surface area contributed by atoms with E-state index < -0.39 is 0 Å². The molecule has 0 rings (SSSR count). The molecule has 11 heavy (non-hydrogen) atoms. The lowest BCUT2D eigenvalue weighted by Crippen LogP contribution is -1.94. The smallest absolute Gasteiger partial charge is 0.133 e. The van der Waals surface area contributed by atoms with Crippen LogP contribution < -0.4 is 0 Å². The Balaban J connectivity index is 3.30. The van der Waals surface area contributed by atoms with Gasteiger partial charge in [-0.15, -0.1) is 0 Å². The van der Waals surface area contributed by atoms with Crippen LogP contribution in [-0.2, 0) is 4.79 Å². The summed E-state index contributed by atoms with van der Waals surface area (Å²) in [5.41, 5.74) is 0. The van der Waals surface area contributed by atoms with Crippen LogP contribution >= 0.6 is 0 Å². The minimum absolute atomic E-state index is 0.362. The number of hydrogen-bond donors (Lipinski definition) is 0. The Morgan fingerprint density at radius 1 is 1.45 bits per heavy atom. The van der Waals surface area contributed by atoms with E-state index in [1.54, 1.807) is 6.08 Å². The number of carbonyl (C=O) groups excluding carboxylic acids is 1. The molecule has 0 N–H and O–H groups in total. The highest BCUT2D eigenvalue weighted by Gasteiger charge is 1.96. The van der Waals surface area contributed by atoms with Gasteiger partial charge >= 0.3 is 0 Å². The molecule has 0 spiro atoms. The second-order valence-corrected chi connectivity index (χ2v) is 2.49. The van der Waals surface area contributed by atoms with Crippen molar-refractivity contribution in [3.63, 3.8) is 0 Å². The van der Waals surface area contributed by atoms with E-state index in [9.17, 15) is 4.79 Å². The van der Waals surface area contributed by atoms with Crippen molar-refractivity contribution in [1.82, 2.24) is 0 Å². The van der Waals surface area contributed by atoms with E-state index in [0.717, 1.165) is 19.3 Å². The van der Waals surface area contributed by atoms with Crippen molar-refractivity contribution >= 4 is 5.78 Å². The molecule has 0 bridgehead atoms. The van der Waals surface area contributed by atoms with Crippen LogP contribution in [0.5, 0.6) is 0 Å². The maximum Gasteiger partial charge on any atom is 0.133 e. The molecule has 0 aromatic carbocycles. The van der Waals surface area contributed by atoms with Gasteiger partial charge in [0.25, 0.3) is 0 Å². The quantitative estimate of drug-likeness (QED) is 0.535. The molecule has 0 amide bonds. The third-order valence-electron chi connectivity index (χ3n) is 1.39. The molecule has 0 unspecified atom stereocenters. The minimum atomic E-state index is 0.362. The van der Waals surface area contributed by atoms with Crippen molar-refractivity contribution in [2.45, 2.75) is 32.6 Å². The van der Waals surface area contributed by atoms with E-state index in [-0.39, 0.29) is 0 Å². The number of carbonyl (C=O) groups is 1. The summed E-state index contributed by atoms with van der Waals surface area (Å²) in [6, 6.07) is 0. The molecule has 1 heteroatoms. The molecule has 0 atom stereocenters. The van der Waals surface area contributed by atoms with E-state index in [1.165, 1.54) is 0 Å². The summed E-state index contributed by atoms with van der Waals surface area (Å²) < 4.78 is 0. The molecule has 1 nitrogen and oxygen atoms in total. The standard InChI is InChI=1S/C10H16O/c1-3-5-6-7-9-10(11)8-4-2/h3,5-6H,1,4,7-9H2,2H3. The number of hydrogen-bond acceptors (Lipinski definition) is 1. The SMILES string of the molecule is C=CC=CCCC(=O)CCC. The summed E-state index contributed by atoms with van der Waals surface area (Å²) in [4.78, 5) is 10.9. The first-order valence-electron chi connectivity index (χ1n) is 4.10. The fourth-order valence-corrected chi connectivity index (χ4v) is 0.841. The Hall–Kier alpha value is -0.850. The molecule has 0 aliphatic heterocycles. The third kappa shape index (κ3) is 7.04. The summed E-state index contributed by atoms with van der Waals surface area (Å²) >= 11 is 0. The molecule has 0 saturated heterocycles. The van der Waals surface area contributed by atoms with Crippen molar-refractivity contribution in [3.8, 4) is 0 Å². The van der Waals surface area contributed by atoms with Crippen LogP contribution in [0, 0.1) is 0 Å². The van der Waals surface area contributed by atoms with Gasteiger partial charge in [-0.25, -0.2) is 0 Å². The molecule has 0 heterocycles. The second-order valence-electron chi connectivity index (χ2n) is 2.49. The molecule has 0 radical (unpaired) electrons. The van der Waals surface area contributed by atoms with Crippen LogP contribution in [0.3, 0.4) is 0 Å². The van der Waals surface area contributed by atoms with Crippen LogP contribution in [-0.4, -0.2) is 5.78 Å². The number of rotatable bonds is 6. The topological polar surface area (TPSA) is 17.1 Å². The number of allylic oxidation sites excluding steroid dienone is 3. The molecular formula is C10H16O. The highest BCUT2D eigenvalue weighted by Crippen LogP contribution is 1.98. The molecule has 0 aromatic heterocycles. The van der Waals surface area contributed by atoms with Crippen molar-refractivity contribution in [3.05, 3.63) is 24.8 Å². The predicted octanol–water partition coefficient (Wildman–Crippen LogP) is 2.88. The Morgan fingerprint density at radius 3 is 2.73 bits per heavy atom. The van der Waals surface area contributed by atoms with E-state index in [1.807, 2.05) is 19.1 Å². The zero-order chi connectivity index (χ0) is 8.53. The number of Topliss-reactive ketones (excluding diaryl/α,β-unsaturated/α-hetero) is 1. The van der Waals surface area contributed by atoms with Gasteiger partial charge in [0.1, 0.15) is 5.78 Å². The Labute approximate surface area is 68.8 Å². The van der Waals surface area contributed by atoms with Crippen LogP contribution in [0.25, 0.3) is 0 Å². The maximum atomic E-state index is 10.9. The highest BCUT2D eigenvalue weighted by atomic mass is 16.1. The molecule has 0 aliphatic rings. The average molecular weight is 152 g/mol. The first-order valence-corrected chi connectivity index (χ1v) is 4.10. The summed E-state index contributed by atoms with van der Waals surface area (Å²) in [6.45, 7) is 5.57. The lowest BCUT2D eigenvalue weighted by Gasteiger charge is -1.92. The monoisotopic (exact) mass is 152 g/mol. The first-order chi connectivity index (χ1) is 5.31. The van der Waals surface area contributed by atoms with Crippen LogP contribution in [0.4, 0.5) is 0 Å². The Kier molecular flexibility index (Phi) is 6.70. The highest BCUT2D eigenvalue weighted by molar-refractivity contribution is 5.78. The Morgan fingerprint density at radius 2 is 2.18 bits per heavy atom. The minimum Gasteiger partial charge on any atom is -0.300 e. The summed E-state index contributed by atoms with van der Waals surface area (Å²) in [6.07, 6.45) is 8.79. The fraction of sp³-hybridized carbons (Fsp3) is 0.500. The van der Waals surface area contributed by atoms with Gasteiger partial charge in [0.15, 0.2) is 0 Å². The van der Waals surface area contributed by atoms with Gasteiger partial charge in [0.05, 0.1) is 0 Å². The van der Waals surface area contributed by atoms with Gasteiger partial charge < -0.3 is 0 Å². The lowest BCUT2D eigenvalue weighted by atomic mass is 10.1. The summed E-state index contributed by atoms with van der Waals surface area (Å²) in [5, 5.41) is 0. The zero-order valence-corrected chi connectivity index (χ0v) is 7.18. The molecule has 62 valence electrons. The van der Waals surface area contributed by atoms with Crippen LogP contribution in [0.1, 0.15) is 32.6 Å². The molecule has 0 aliphatic carbocycles. The predicted molar refractivity (Wildman–Crippen MR) is 48.5 cm³/mol. The zero-order valence-electron chi connectivity index (χ0n) is 7.18. The van der Waals surface area contributed by atoms with Crippen LogP contribution in [0.15, 0.2) is 24.8 Å². The van der Waals surface area contributed by atoms with Gasteiger partial charge in [-0.1, -0.05) is 31.7 Å². The third-order valence-corrected chi connectivity index (χ3v) is 1.39. The van der Waals surface area contributed by atoms with Gasteiger partial charge in [-0.05, 0) is 12.8 Å². The summed E-state index contributed by atoms with van der Waals surface area (Å²) in [7, 11) is 0. The normalized spacial score (nSPS) is 10.3. The van der Waals surface area contributed by atoms with Crippen molar-refractivity contribution < 1.29 is 4.79 Å². The largest absolute Gasteiger partial charge is 0.300 e. The van der Waals surface area contributed by atoms with E-state index in [2.05, 4.69) is 6.58 Å². The number of ketones is 1. The first kappa shape index (κ1) is 10.2. The summed E-state index contributed by atoms with van der Waals surface area (Å²) in [5.74, 6) is 0.362. The molecule has 0 saturated carbocycles. The molecule has 0 fully saturated rings. The van der Waals surface area contributed by atoms with E-state index in [0.29, 0.717) is 12.2 Å². The van der Waals surface area contributed by atoms with Gasteiger partial charge in [0.2, 0.25) is 0 Å². The van der Waals surface area contributed by atoms with Crippen molar-refractivity contribution in [1.29, 1.82) is 0 Å². The fourth-order valence-electron chi connectivity index (χ4n) is 0.841. The second kappa shape index (κ2) is 7.26. The average Bonchev–Trinajstić information content (AvgIpc) is 1.99. The van der Waals surface area contributed by atoms with Crippen molar-refractivity contribution in [2.24, 2.45) is 0 Å². The van der Waals surface area contributed by atoms with E-state index >= 15 is 0 Å². The molecule has 0 aromatic rings. The van der Waals surface area contributed by atoms with Crippen molar-refractivity contribution in [2.75, 3.05) is 0 Å². The van der Waals surface area contributed by atoms with Gasteiger partial charge in [0, 0.05) is 12.8 Å². The lowest BCUT2D eigenvalue weighted by molar-refractivity contribution is -0.119. The van der Waals surface area contributed by atoms with Crippen LogP contribution in [0.2, 0.25) is 0 Å². The van der Waals surface area contributed by atoms with Gasteiger partial charge in [-0.3, -0.25) is 4.79 Å². The maximum absolute atomic E-state index is 10.9. The Bertz CT molecular complexity index is 145.